The minimum absolute atomic E-state index is 0.100. The van der Waals surface area contributed by atoms with Crippen molar-refractivity contribution in [2.75, 3.05) is 6.54 Å². The predicted octanol–water partition coefficient (Wildman–Crippen LogP) is 4.81. The number of hydrogen-bond donors (Lipinski definition) is 1. The van der Waals surface area contributed by atoms with E-state index in [-0.39, 0.29) is 11.9 Å². The van der Waals surface area contributed by atoms with Crippen LogP contribution in [0.5, 0.6) is 0 Å². The molecule has 0 aliphatic carbocycles. The van der Waals surface area contributed by atoms with E-state index in [1.165, 1.54) is 6.07 Å². The van der Waals surface area contributed by atoms with Gasteiger partial charge in [0.15, 0.2) is 0 Å². The Kier molecular flexibility index (Phi) is 5.97. The maximum atomic E-state index is 14.0. The molecule has 1 heterocycles. The maximum Gasteiger partial charge on any atom is 0.127 e. The predicted molar refractivity (Wildman–Crippen MR) is 85.4 cm³/mol. The lowest BCUT2D eigenvalue weighted by Crippen LogP contribution is -2.25. The number of halogens is 3. The molecule has 0 radical (unpaired) electrons. The fraction of sp³-hybridized carbons (Fsp3) is 0.312. The van der Waals surface area contributed by atoms with Crippen molar-refractivity contribution in [3.8, 4) is 0 Å². The van der Waals surface area contributed by atoms with E-state index in [0.717, 1.165) is 18.7 Å². The normalized spacial score (nSPS) is 12.4. The number of nitrogens with zero attached hydrogens (tertiary/aromatic N) is 1. The number of benzene rings is 1. The average molecular weight is 327 g/mol. The van der Waals surface area contributed by atoms with Gasteiger partial charge in [0.1, 0.15) is 5.82 Å². The first kappa shape index (κ1) is 16.2. The van der Waals surface area contributed by atoms with Crippen LogP contribution in [-0.4, -0.2) is 11.5 Å². The molecule has 5 heteroatoms. The molecule has 1 aromatic heterocycles. The van der Waals surface area contributed by atoms with Crippen molar-refractivity contribution in [3.05, 3.63) is 63.6 Å². The molecule has 21 heavy (non-hydrogen) atoms. The molecule has 2 rings (SSSR count). The topological polar surface area (TPSA) is 24.9 Å². The Balaban J connectivity index is 2.26. The van der Waals surface area contributed by atoms with Crippen molar-refractivity contribution < 1.29 is 4.39 Å². The highest BCUT2D eigenvalue weighted by molar-refractivity contribution is 6.31. The number of hydrogen-bond acceptors (Lipinski definition) is 2. The second kappa shape index (κ2) is 7.74. The first-order chi connectivity index (χ1) is 10.1. The van der Waals surface area contributed by atoms with Crippen LogP contribution >= 0.6 is 23.2 Å². The summed E-state index contributed by atoms with van der Waals surface area (Å²) in [4.78, 5) is 4.33. The van der Waals surface area contributed by atoms with Gasteiger partial charge in [0.2, 0.25) is 0 Å². The minimum Gasteiger partial charge on any atom is -0.308 e. The lowest BCUT2D eigenvalue weighted by molar-refractivity contribution is 0.503. The zero-order valence-electron chi connectivity index (χ0n) is 11.7. The van der Waals surface area contributed by atoms with Gasteiger partial charge in [0.25, 0.3) is 0 Å². The second-order valence-corrected chi connectivity index (χ2v) is 5.66. The van der Waals surface area contributed by atoms with Crippen molar-refractivity contribution in [1.29, 1.82) is 0 Å². The Labute approximate surface area is 134 Å². The van der Waals surface area contributed by atoms with Crippen molar-refractivity contribution in [3.63, 3.8) is 0 Å². The highest BCUT2D eigenvalue weighted by Gasteiger charge is 2.17. The third-order valence-electron chi connectivity index (χ3n) is 3.22. The molecule has 1 aromatic carbocycles. The van der Waals surface area contributed by atoms with E-state index in [2.05, 4.69) is 17.2 Å². The SMILES string of the molecule is CCCNC(Cc1c(F)cccc1Cl)c1ccc(Cl)cn1. The van der Waals surface area contributed by atoms with Crippen molar-refractivity contribution in [1.82, 2.24) is 10.3 Å². The number of nitrogens with one attached hydrogen (secondary N) is 1. The molecule has 0 spiro atoms. The summed E-state index contributed by atoms with van der Waals surface area (Å²) in [5, 5.41) is 4.39. The van der Waals surface area contributed by atoms with E-state index in [1.54, 1.807) is 24.4 Å². The smallest absolute Gasteiger partial charge is 0.127 e. The van der Waals surface area contributed by atoms with Crippen LogP contribution in [0.2, 0.25) is 10.0 Å². The monoisotopic (exact) mass is 326 g/mol. The summed E-state index contributed by atoms with van der Waals surface area (Å²) in [5.74, 6) is -0.292. The lowest BCUT2D eigenvalue weighted by Gasteiger charge is -2.19. The third kappa shape index (κ3) is 4.40. The molecule has 0 bridgehead atoms. The quantitative estimate of drug-likeness (QED) is 0.823. The molecule has 0 aliphatic heterocycles. The Hall–Kier alpha value is -1.16. The highest BCUT2D eigenvalue weighted by atomic mass is 35.5. The minimum atomic E-state index is -0.292. The Bertz CT molecular complexity index is 567. The maximum absolute atomic E-state index is 14.0. The van der Waals surface area contributed by atoms with E-state index in [0.29, 0.717) is 22.0 Å². The molecule has 2 nitrogen and oxygen atoms in total. The van der Waals surface area contributed by atoms with Gasteiger partial charge < -0.3 is 5.32 Å². The summed E-state index contributed by atoms with van der Waals surface area (Å²) in [7, 11) is 0. The van der Waals surface area contributed by atoms with Gasteiger partial charge in [-0.2, -0.15) is 0 Å². The van der Waals surface area contributed by atoms with Crippen LogP contribution in [0.4, 0.5) is 4.39 Å². The molecule has 1 unspecified atom stereocenters. The van der Waals surface area contributed by atoms with Crippen LogP contribution in [0.15, 0.2) is 36.5 Å². The molecule has 1 N–H and O–H groups in total. The van der Waals surface area contributed by atoms with Crippen LogP contribution in [0.25, 0.3) is 0 Å². The lowest BCUT2D eigenvalue weighted by atomic mass is 10.0. The molecule has 1 atom stereocenters. The van der Waals surface area contributed by atoms with E-state index < -0.39 is 0 Å². The largest absolute Gasteiger partial charge is 0.308 e. The standard InChI is InChI=1S/C16H17Cl2FN2/c1-2-8-20-16(15-7-6-11(17)10-21-15)9-12-13(18)4-3-5-14(12)19/h3-7,10,16,20H,2,8-9H2,1H3. The number of pyridine rings is 1. The summed E-state index contributed by atoms with van der Waals surface area (Å²) in [6.07, 6.45) is 3.02. The second-order valence-electron chi connectivity index (χ2n) is 4.81. The van der Waals surface area contributed by atoms with E-state index in [1.807, 2.05) is 6.07 Å². The molecule has 0 saturated heterocycles. The zero-order valence-corrected chi connectivity index (χ0v) is 13.3. The summed E-state index contributed by atoms with van der Waals surface area (Å²) in [6, 6.07) is 8.27. The third-order valence-corrected chi connectivity index (χ3v) is 3.80. The summed E-state index contributed by atoms with van der Waals surface area (Å²) >= 11 is 12.0. The van der Waals surface area contributed by atoms with Gasteiger partial charge >= 0.3 is 0 Å². The zero-order chi connectivity index (χ0) is 15.2. The summed E-state index contributed by atoms with van der Waals surface area (Å²) in [5.41, 5.74) is 1.33. The van der Waals surface area contributed by atoms with Gasteiger partial charge in [0, 0.05) is 16.8 Å². The molecular weight excluding hydrogens is 310 g/mol. The van der Waals surface area contributed by atoms with Crippen molar-refractivity contribution in [2.45, 2.75) is 25.8 Å². The molecule has 0 saturated carbocycles. The van der Waals surface area contributed by atoms with Gasteiger partial charge in [-0.1, -0.05) is 36.2 Å². The van der Waals surface area contributed by atoms with Crippen molar-refractivity contribution >= 4 is 23.2 Å². The molecule has 0 fully saturated rings. The fourth-order valence-corrected chi connectivity index (χ4v) is 2.48. The first-order valence-electron chi connectivity index (χ1n) is 6.89. The van der Waals surface area contributed by atoms with Crippen molar-refractivity contribution in [2.24, 2.45) is 0 Å². The molecule has 2 aromatic rings. The van der Waals surface area contributed by atoms with Crippen LogP contribution in [0.1, 0.15) is 30.6 Å². The van der Waals surface area contributed by atoms with E-state index in [9.17, 15) is 4.39 Å². The molecule has 0 amide bonds. The van der Waals surface area contributed by atoms with E-state index >= 15 is 0 Å². The summed E-state index contributed by atoms with van der Waals surface area (Å²) in [6.45, 7) is 2.90. The number of aromatic nitrogens is 1. The number of rotatable bonds is 6. The molecular formula is C16H17Cl2FN2. The van der Waals surface area contributed by atoms with Crippen LogP contribution in [0.3, 0.4) is 0 Å². The Morgan fingerprint density at radius 1 is 1.24 bits per heavy atom. The first-order valence-corrected chi connectivity index (χ1v) is 7.65. The van der Waals surface area contributed by atoms with Crippen LogP contribution < -0.4 is 5.32 Å². The van der Waals surface area contributed by atoms with Crippen LogP contribution in [-0.2, 0) is 6.42 Å². The van der Waals surface area contributed by atoms with Gasteiger partial charge in [-0.3, -0.25) is 4.98 Å². The molecule has 0 aliphatic rings. The molecule has 112 valence electrons. The Morgan fingerprint density at radius 2 is 2.05 bits per heavy atom. The fourth-order valence-electron chi connectivity index (χ4n) is 2.12. The van der Waals surface area contributed by atoms with Gasteiger partial charge in [-0.05, 0) is 43.7 Å². The Morgan fingerprint density at radius 3 is 2.67 bits per heavy atom. The van der Waals surface area contributed by atoms with Gasteiger partial charge in [-0.25, -0.2) is 4.39 Å². The van der Waals surface area contributed by atoms with E-state index in [4.69, 9.17) is 23.2 Å². The average Bonchev–Trinajstić information content (AvgIpc) is 2.47. The van der Waals surface area contributed by atoms with Crippen LogP contribution in [0, 0.1) is 5.82 Å². The summed E-state index contributed by atoms with van der Waals surface area (Å²) < 4.78 is 14.0. The van der Waals surface area contributed by atoms with Gasteiger partial charge in [-0.15, -0.1) is 0 Å². The highest BCUT2D eigenvalue weighted by Crippen LogP contribution is 2.25. The van der Waals surface area contributed by atoms with Gasteiger partial charge in [0.05, 0.1) is 16.8 Å².